The van der Waals surface area contributed by atoms with Crippen molar-refractivity contribution >= 4 is 17.7 Å². The van der Waals surface area contributed by atoms with Gasteiger partial charge in [0.05, 0.1) is 24.8 Å². The molecule has 5 heteroatoms. The Balaban J connectivity index is 2.14. The van der Waals surface area contributed by atoms with Gasteiger partial charge >= 0.3 is 5.97 Å². The highest BCUT2D eigenvalue weighted by atomic mass is 32.2. The lowest BCUT2D eigenvalue weighted by Crippen LogP contribution is -2.03. The van der Waals surface area contributed by atoms with Gasteiger partial charge in [-0.05, 0) is 49.4 Å². The SMILES string of the molecule is CCOC(=O)c1ccc(Sc2ccc(OC)c(C#N)c2)cc1. The van der Waals surface area contributed by atoms with E-state index in [0.717, 1.165) is 9.79 Å². The lowest BCUT2D eigenvalue weighted by molar-refractivity contribution is 0.0526. The minimum absolute atomic E-state index is 0.324. The third-order valence-corrected chi connectivity index (χ3v) is 3.89. The van der Waals surface area contributed by atoms with Crippen molar-refractivity contribution in [3.05, 3.63) is 53.6 Å². The quantitative estimate of drug-likeness (QED) is 0.784. The lowest BCUT2D eigenvalue weighted by Gasteiger charge is -2.06. The molecule has 0 aliphatic carbocycles. The second-order valence-electron chi connectivity index (χ2n) is 4.32. The molecule has 4 nitrogen and oxygen atoms in total. The standard InChI is InChI=1S/C17H15NO3S/c1-3-21-17(19)12-4-6-14(7-5-12)22-15-8-9-16(20-2)13(10-15)11-18/h4-10H,3H2,1-2H3. The Morgan fingerprint density at radius 2 is 1.86 bits per heavy atom. The van der Waals surface area contributed by atoms with E-state index in [2.05, 4.69) is 6.07 Å². The van der Waals surface area contributed by atoms with Crippen LogP contribution in [0.1, 0.15) is 22.8 Å². The molecule has 2 rings (SSSR count). The van der Waals surface area contributed by atoms with Gasteiger partial charge in [0.1, 0.15) is 11.8 Å². The van der Waals surface area contributed by atoms with E-state index in [1.807, 2.05) is 18.2 Å². The molecule has 0 amide bonds. The van der Waals surface area contributed by atoms with Gasteiger partial charge in [0.15, 0.2) is 0 Å². The van der Waals surface area contributed by atoms with Crippen molar-refractivity contribution in [2.75, 3.05) is 13.7 Å². The Kier molecular flexibility index (Phi) is 5.45. The maximum absolute atomic E-state index is 11.6. The zero-order chi connectivity index (χ0) is 15.9. The molecule has 2 aromatic rings. The third-order valence-electron chi connectivity index (χ3n) is 2.89. The van der Waals surface area contributed by atoms with Crippen LogP contribution in [0.3, 0.4) is 0 Å². The molecule has 0 bridgehead atoms. The van der Waals surface area contributed by atoms with E-state index in [-0.39, 0.29) is 5.97 Å². The van der Waals surface area contributed by atoms with Crippen LogP contribution in [0.4, 0.5) is 0 Å². The number of nitriles is 1. The van der Waals surface area contributed by atoms with Gasteiger partial charge in [-0.25, -0.2) is 4.79 Å². The molecule has 0 aromatic heterocycles. The maximum Gasteiger partial charge on any atom is 0.338 e. The van der Waals surface area contributed by atoms with Gasteiger partial charge in [0, 0.05) is 9.79 Å². The Morgan fingerprint density at radius 1 is 1.18 bits per heavy atom. The molecule has 0 N–H and O–H groups in total. The smallest absolute Gasteiger partial charge is 0.338 e. The molecule has 0 fully saturated rings. The molecule has 0 spiro atoms. The van der Waals surface area contributed by atoms with Gasteiger partial charge in [0.25, 0.3) is 0 Å². The summed E-state index contributed by atoms with van der Waals surface area (Å²) in [6.45, 7) is 2.14. The van der Waals surface area contributed by atoms with Crippen molar-refractivity contribution in [1.29, 1.82) is 5.26 Å². The second kappa shape index (κ2) is 7.53. The number of hydrogen-bond acceptors (Lipinski definition) is 5. The number of hydrogen-bond donors (Lipinski definition) is 0. The number of methoxy groups -OCH3 is 1. The number of esters is 1. The van der Waals surface area contributed by atoms with Crippen LogP contribution in [-0.2, 0) is 4.74 Å². The molecule has 0 unspecified atom stereocenters. The number of nitrogens with zero attached hydrogens (tertiary/aromatic N) is 1. The number of carbonyl (C=O) groups is 1. The summed E-state index contributed by atoms with van der Waals surface area (Å²) in [7, 11) is 1.54. The second-order valence-corrected chi connectivity index (χ2v) is 5.47. The Bertz CT molecular complexity index is 705. The van der Waals surface area contributed by atoms with Crippen LogP contribution in [0, 0.1) is 11.3 Å². The molecule has 112 valence electrons. The largest absolute Gasteiger partial charge is 0.495 e. The molecule has 0 atom stereocenters. The van der Waals surface area contributed by atoms with Crippen molar-refractivity contribution in [3.8, 4) is 11.8 Å². The first-order chi connectivity index (χ1) is 10.7. The molecule has 0 heterocycles. The fourth-order valence-corrected chi connectivity index (χ4v) is 2.70. The molecule has 0 saturated heterocycles. The van der Waals surface area contributed by atoms with Gasteiger partial charge in [-0.15, -0.1) is 0 Å². The fourth-order valence-electron chi connectivity index (χ4n) is 1.85. The Hall–Kier alpha value is -2.45. The van der Waals surface area contributed by atoms with Gasteiger partial charge < -0.3 is 9.47 Å². The number of benzene rings is 2. The van der Waals surface area contributed by atoms with Crippen LogP contribution in [0.5, 0.6) is 5.75 Å². The summed E-state index contributed by atoms with van der Waals surface area (Å²) in [5.41, 5.74) is 1.02. The topological polar surface area (TPSA) is 59.3 Å². The average Bonchev–Trinajstić information content (AvgIpc) is 2.55. The average molecular weight is 313 g/mol. The van der Waals surface area contributed by atoms with Gasteiger partial charge in [-0.2, -0.15) is 5.26 Å². The highest BCUT2D eigenvalue weighted by Gasteiger charge is 2.08. The predicted molar refractivity (Wildman–Crippen MR) is 84.2 cm³/mol. The summed E-state index contributed by atoms with van der Waals surface area (Å²) in [6, 6.07) is 14.7. The first-order valence-electron chi connectivity index (χ1n) is 6.71. The predicted octanol–water partition coefficient (Wildman–Crippen LogP) is 3.89. The van der Waals surface area contributed by atoms with Crippen molar-refractivity contribution in [3.63, 3.8) is 0 Å². The van der Waals surface area contributed by atoms with Gasteiger partial charge in [-0.1, -0.05) is 11.8 Å². The summed E-state index contributed by atoms with van der Waals surface area (Å²) in [5.74, 6) is 0.236. The molecular weight excluding hydrogens is 298 g/mol. The summed E-state index contributed by atoms with van der Waals surface area (Å²) in [4.78, 5) is 13.5. The first kappa shape index (κ1) is 15.9. The summed E-state index contributed by atoms with van der Waals surface area (Å²) < 4.78 is 10.1. The van der Waals surface area contributed by atoms with Gasteiger partial charge in [-0.3, -0.25) is 0 Å². The van der Waals surface area contributed by atoms with E-state index in [1.165, 1.54) is 18.9 Å². The van der Waals surface area contributed by atoms with Crippen LogP contribution >= 0.6 is 11.8 Å². The van der Waals surface area contributed by atoms with E-state index in [9.17, 15) is 4.79 Å². The highest BCUT2D eigenvalue weighted by Crippen LogP contribution is 2.31. The van der Waals surface area contributed by atoms with Crippen LogP contribution in [0.2, 0.25) is 0 Å². The molecular formula is C17H15NO3S. The van der Waals surface area contributed by atoms with E-state index in [0.29, 0.717) is 23.5 Å². The first-order valence-corrected chi connectivity index (χ1v) is 7.52. The zero-order valence-corrected chi connectivity index (χ0v) is 13.1. The molecule has 0 aliphatic rings. The normalized spacial score (nSPS) is 9.86. The molecule has 0 aliphatic heterocycles. The van der Waals surface area contributed by atoms with Crippen LogP contribution in [0.25, 0.3) is 0 Å². The van der Waals surface area contributed by atoms with Crippen LogP contribution in [-0.4, -0.2) is 19.7 Å². The number of carbonyl (C=O) groups excluding carboxylic acids is 1. The molecule has 22 heavy (non-hydrogen) atoms. The van der Waals surface area contributed by atoms with E-state index >= 15 is 0 Å². The lowest BCUT2D eigenvalue weighted by atomic mass is 10.2. The van der Waals surface area contributed by atoms with E-state index in [4.69, 9.17) is 14.7 Å². The fraction of sp³-hybridized carbons (Fsp3) is 0.176. The Morgan fingerprint density at radius 3 is 2.45 bits per heavy atom. The van der Waals surface area contributed by atoms with Crippen molar-refractivity contribution in [2.45, 2.75) is 16.7 Å². The molecule has 0 saturated carbocycles. The number of ether oxygens (including phenoxy) is 2. The zero-order valence-electron chi connectivity index (χ0n) is 12.3. The Labute approximate surface area is 133 Å². The van der Waals surface area contributed by atoms with Crippen LogP contribution < -0.4 is 4.74 Å². The minimum Gasteiger partial charge on any atom is -0.495 e. The summed E-state index contributed by atoms with van der Waals surface area (Å²) in [5, 5.41) is 9.10. The monoisotopic (exact) mass is 313 g/mol. The molecule has 2 aromatic carbocycles. The van der Waals surface area contributed by atoms with Crippen LogP contribution in [0.15, 0.2) is 52.3 Å². The summed E-state index contributed by atoms with van der Waals surface area (Å²) >= 11 is 1.51. The summed E-state index contributed by atoms with van der Waals surface area (Å²) in [6.07, 6.45) is 0. The third kappa shape index (κ3) is 3.80. The minimum atomic E-state index is -0.324. The van der Waals surface area contributed by atoms with Crippen molar-refractivity contribution < 1.29 is 14.3 Å². The highest BCUT2D eigenvalue weighted by molar-refractivity contribution is 7.99. The number of rotatable bonds is 5. The van der Waals surface area contributed by atoms with E-state index in [1.54, 1.807) is 31.2 Å². The molecule has 0 radical (unpaired) electrons. The van der Waals surface area contributed by atoms with Crippen molar-refractivity contribution in [1.82, 2.24) is 0 Å². The van der Waals surface area contributed by atoms with Crippen molar-refractivity contribution in [2.24, 2.45) is 0 Å². The maximum atomic E-state index is 11.6. The van der Waals surface area contributed by atoms with E-state index < -0.39 is 0 Å². The van der Waals surface area contributed by atoms with Gasteiger partial charge in [0.2, 0.25) is 0 Å².